The minimum atomic E-state index is -0.248. The molecule has 34 heavy (non-hydrogen) atoms. The van der Waals surface area contributed by atoms with Gasteiger partial charge < -0.3 is 14.9 Å². The number of phenols is 1. The third-order valence-electron chi connectivity index (χ3n) is 9.49. The molecule has 2 fully saturated rings. The highest BCUT2D eigenvalue weighted by Gasteiger charge is 2.58. The summed E-state index contributed by atoms with van der Waals surface area (Å²) in [4.78, 5) is 13.7. The summed E-state index contributed by atoms with van der Waals surface area (Å²) in [6.45, 7) is 3.82. The number of phenolic OH excluding ortho intramolecular Hbond substituents is 1. The van der Waals surface area contributed by atoms with E-state index in [1.54, 1.807) is 12.1 Å². The molecule has 1 aromatic rings. The third-order valence-corrected chi connectivity index (χ3v) is 9.49. The number of carbonyl (C=O) groups is 1. The maximum atomic E-state index is 13.7. The van der Waals surface area contributed by atoms with Gasteiger partial charge >= 0.3 is 0 Å². The Labute approximate surface area is 204 Å². The van der Waals surface area contributed by atoms with E-state index >= 15 is 0 Å². The minimum absolute atomic E-state index is 0.00527. The van der Waals surface area contributed by atoms with Crippen LogP contribution in [0.2, 0.25) is 0 Å². The van der Waals surface area contributed by atoms with Crippen LogP contribution in [0, 0.1) is 29.1 Å². The molecule has 7 atom stereocenters. The SMILES string of the molecule is CC12CCC3c4ccc(O)cc4C(=O)C(CCCCCOCC4C=CC=CC4)C3C1CCC2O. The molecular formula is C30H40O4. The van der Waals surface area contributed by atoms with Gasteiger partial charge in [-0.2, -0.15) is 0 Å². The zero-order chi connectivity index (χ0) is 23.7. The number of aliphatic hydroxyl groups is 1. The quantitative estimate of drug-likeness (QED) is 0.451. The Morgan fingerprint density at radius 1 is 1.12 bits per heavy atom. The average Bonchev–Trinajstić information content (AvgIpc) is 3.15. The van der Waals surface area contributed by atoms with Gasteiger partial charge in [0.2, 0.25) is 0 Å². The second kappa shape index (κ2) is 9.99. The van der Waals surface area contributed by atoms with E-state index in [9.17, 15) is 15.0 Å². The van der Waals surface area contributed by atoms with Gasteiger partial charge in [-0.05, 0) is 85.8 Å². The predicted octanol–water partition coefficient (Wildman–Crippen LogP) is 6.18. The molecule has 0 heterocycles. The van der Waals surface area contributed by atoms with Gasteiger partial charge in [-0.1, -0.05) is 50.1 Å². The van der Waals surface area contributed by atoms with E-state index in [0.717, 1.165) is 82.1 Å². The van der Waals surface area contributed by atoms with Gasteiger partial charge in [-0.15, -0.1) is 0 Å². The Hall–Kier alpha value is -1.91. The highest BCUT2D eigenvalue weighted by atomic mass is 16.5. The normalized spacial score (nSPS) is 36.2. The van der Waals surface area contributed by atoms with Gasteiger partial charge in [-0.25, -0.2) is 0 Å². The summed E-state index contributed by atoms with van der Waals surface area (Å²) in [5, 5.41) is 20.9. The van der Waals surface area contributed by atoms with Crippen LogP contribution in [0.1, 0.15) is 86.6 Å². The summed E-state index contributed by atoms with van der Waals surface area (Å²) < 4.78 is 5.91. The van der Waals surface area contributed by atoms with E-state index < -0.39 is 0 Å². The molecule has 2 N–H and O–H groups in total. The Morgan fingerprint density at radius 3 is 2.82 bits per heavy atom. The fourth-order valence-electron chi connectivity index (χ4n) is 7.61. The number of unbranched alkanes of at least 4 members (excludes halogenated alkanes) is 2. The molecule has 0 aromatic heterocycles. The molecule has 0 spiro atoms. The Balaban J connectivity index is 1.23. The highest BCUT2D eigenvalue weighted by molar-refractivity contribution is 6.01. The molecule has 4 aliphatic carbocycles. The monoisotopic (exact) mass is 464 g/mol. The number of aromatic hydroxyl groups is 1. The first kappa shape index (κ1) is 23.8. The molecular weight excluding hydrogens is 424 g/mol. The van der Waals surface area contributed by atoms with Crippen molar-refractivity contribution >= 4 is 5.78 Å². The zero-order valence-electron chi connectivity index (χ0n) is 20.5. The van der Waals surface area contributed by atoms with Crippen molar-refractivity contribution < 1.29 is 19.7 Å². The van der Waals surface area contributed by atoms with Crippen molar-refractivity contribution in [2.24, 2.45) is 29.1 Å². The lowest BCUT2D eigenvalue weighted by molar-refractivity contribution is -0.0350. The van der Waals surface area contributed by atoms with Gasteiger partial charge in [0.05, 0.1) is 12.7 Å². The zero-order valence-corrected chi connectivity index (χ0v) is 20.5. The number of allylic oxidation sites excluding steroid dienone is 3. The van der Waals surface area contributed by atoms with Crippen LogP contribution in [0.15, 0.2) is 42.5 Å². The largest absolute Gasteiger partial charge is 0.508 e. The smallest absolute Gasteiger partial charge is 0.166 e. The number of fused-ring (bicyclic) bond motifs is 5. The van der Waals surface area contributed by atoms with Gasteiger partial charge in [-0.3, -0.25) is 4.79 Å². The number of ketones is 1. The van der Waals surface area contributed by atoms with Gasteiger partial charge in [0.25, 0.3) is 0 Å². The van der Waals surface area contributed by atoms with Crippen LogP contribution in [0.5, 0.6) is 5.75 Å². The van der Waals surface area contributed by atoms with Crippen LogP contribution in [0.3, 0.4) is 0 Å². The molecule has 5 rings (SSSR count). The van der Waals surface area contributed by atoms with E-state index in [2.05, 4.69) is 31.2 Å². The fourth-order valence-corrected chi connectivity index (χ4v) is 7.61. The van der Waals surface area contributed by atoms with Gasteiger partial charge in [0.15, 0.2) is 5.78 Å². The Morgan fingerprint density at radius 2 is 2.00 bits per heavy atom. The summed E-state index contributed by atoms with van der Waals surface area (Å²) in [6, 6.07) is 5.42. The van der Waals surface area contributed by atoms with Crippen LogP contribution in [0.25, 0.3) is 0 Å². The van der Waals surface area contributed by atoms with Crippen LogP contribution in [-0.4, -0.2) is 35.3 Å². The maximum absolute atomic E-state index is 13.7. The number of hydrogen-bond donors (Lipinski definition) is 2. The van der Waals surface area contributed by atoms with Crippen molar-refractivity contribution in [1.29, 1.82) is 0 Å². The molecule has 0 amide bonds. The first-order valence-corrected chi connectivity index (χ1v) is 13.5. The van der Waals surface area contributed by atoms with Crippen molar-refractivity contribution in [3.63, 3.8) is 0 Å². The fraction of sp³-hybridized carbons (Fsp3) is 0.633. The van der Waals surface area contributed by atoms with E-state index in [1.165, 1.54) is 0 Å². The predicted molar refractivity (Wildman–Crippen MR) is 134 cm³/mol. The number of benzene rings is 1. The first-order valence-electron chi connectivity index (χ1n) is 13.5. The molecule has 4 nitrogen and oxygen atoms in total. The number of hydrogen-bond acceptors (Lipinski definition) is 4. The molecule has 0 bridgehead atoms. The minimum Gasteiger partial charge on any atom is -0.508 e. The summed E-state index contributed by atoms with van der Waals surface area (Å²) in [5.41, 5.74) is 1.81. The lowest BCUT2D eigenvalue weighted by Crippen LogP contribution is -2.49. The molecule has 2 saturated carbocycles. The van der Waals surface area contributed by atoms with E-state index in [1.807, 2.05) is 6.07 Å². The third kappa shape index (κ3) is 4.40. The molecule has 0 aliphatic heterocycles. The van der Waals surface area contributed by atoms with Gasteiger partial charge in [0, 0.05) is 24.0 Å². The standard InChI is InChI=1S/C30H40O4/c1-30-16-15-23-22-12-11-21(31)18-25(22)29(33)24(28(23)26(30)13-14-27(30)32)10-6-3-7-17-34-19-20-8-4-2-5-9-20/h2,4-5,8,11-12,18,20,23-24,26-28,31-32H,3,6-7,9-10,13-17,19H2,1H3. The average molecular weight is 465 g/mol. The molecule has 0 saturated heterocycles. The highest BCUT2D eigenvalue weighted by Crippen LogP contribution is 2.62. The Kier molecular flexibility index (Phi) is 7.00. The molecule has 0 radical (unpaired) electrons. The van der Waals surface area contributed by atoms with E-state index in [0.29, 0.717) is 23.7 Å². The van der Waals surface area contributed by atoms with Crippen molar-refractivity contribution in [3.05, 3.63) is 53.6 Å². The summed E-state index contributed by atoms with van der Waals surface area (Å²) in [6.07, 6.45) is 17.4. The molecule has 1 aromatic carbocycles. The van der Waals surface area contributed by atoms with Crippen molar-refractivity contribution in [1.82, 2.24) is 0 Å². The lowest BCUT2D eigenvalue weighted by atomic mass is 9.51. The summed E-state index contributed by atoms with van der Waals surface area (Å²) in [5.74, 6) is 1.96. The van der Waals surface area contributed by atoms with Crippen LogP contribution in [-0.2, 0) is 4.74 Å². The number of ether oxygens (including phenoxy) is 1. The second-order valence-corrected chi connectivity index (χ2v) is 11.4. The van der Waals surface area contributed by atoms with E-state index in [4.69, 9.17) is 4.74 Å². The van der Waals surface area contributed by atoms with Crippen molar-refractivity contribution in [3.8, 4) is 5.75 Å². The van der Waals surface area contributed by atoms with Crippen molar-refractivity contribution in [2.75, 3.05) is 13.2 Å². The summed E-state index contributed by atoms with van der Waals surface area (Å²) >= 11 is 0. The number of aliphatic hydroxyl groups excluding tert-OH is 1. The number of rotatable bonds is 8. The molecule has 4 heteroatoms. The molecule has 7 unspecified atom stereocenters. The van der Waals surface area contributed by atoms with Gasteiger partial charge in [0.1, 0.15) is 5.75 Å². The van der Waals surface area contributed by atoms with Crippen LogP contribution >= 0.6 is 0 Å². The number of carbonyl (C=O) groups excluding carboxylic acids is 1. The first-order chi connectivity index (χ1) is 16.5. The Bertz CT molecular complexity index is 949. The maximum Gasteiger partial charge on any atom is 0.166 e. The molecule has 4 aliphatic rings. The van der Waals surface area contributed by atoms with Crippen LogP contribution in [0.4, 0.5) is 0 Å². The topological polar surface area (TPSA) is 66.8 Å². The lowest BCUT2D eigenvalue weighted by Gasteiger charge is -2.52. The number of Topliss-reactive ketones (excluding diaryl/α,β-unsaturated/α-hetero) is 1. The molecule has 184 valence electrons. The summed E-state index contributed by atoms with van der Waals surface area (Å²) in [7, 11) is 0. The second-order valence-electron chi connectivity index (χ2n) is 11.4. The van der Waals surface area contributed by atoms with E-state index in [-0.39, 0.29) is 29.0 Å². The van der Waals surface area contributed by atoms with Crippen molar-refractivity contribution in [2.45, 2.75) is 76.7 Å². The van der Waals surface area contributed by atoms with Crippen LogP contribution < -0.4 is 0 Å².